The molecule has 2 aromatic rings. The maximum absolute atomic E-state index is 13.2. The summed E-state index contributed by atoms with van der Waals surface area (Å²) in [5.41, 5.74) is 1.85. The van der Waals surface area contributed by atoms with E-state index in [1.807, 2.05) is 40.7 Å². The Kier molecular flexibility index (Phi) is 5.57. The molecular weight excluding hydrogens is 316 g/mol. The fraction of sp³-hybridized carbons (Fsp3) is 0.350. The number of hydrogen-bond acceptors (Lipinski definition) is 3. The van der Waals surface area contributed by atoms with Gasteiger partial charge in [-0.05, 0) is 38.8 Å². The summed E-state index contributed by atoms with van der Waals surface area (Å²) in [6, 6.07) is 5.54. The summed E-state index contributed by atoms with van der Waals surface area (Å²) in [5, 5.41) is 0. The van der Waals surface area contributed by atoms with Crippen LogP contribution in [0.1, 0.15) is 59.4 Å². The summed E-state index contributed by atoms with van der Waals surface area (Å²) in [6.07, 6.45) is 3.58. The van der Waals surface area contributed by atoms with E-state index < -0.39 is 11.2 Å². The number of aryl methyl sites for hydroxylation is 2. The maximum Gasteiger partial charge on any atom is 0.329 e. The van der Waals surface area contributed by atoms with Gasteiger partial charge in [-0.1, -0.05) is 43.2 Å². The van der Waals surface area contributed by atoms with Crippen LogP contribution in [0.3, 0.4) is 0 Å². The monoisotopic (exact) mass is 340 g/mol. The van der Waals surface area contributed by atoms with Crippen LogP contribution in [0.25, 0.3) is 0 Å². The molecule has 0 aliphatic carbocycles. The second kappa shape index (κ2) is 7.47. The lowest BCUT2D eigenvalue weighted by Crippen LogP contribution is -2.37. The molecule has 1 aromatic carbocycles. The van der Waals surface area contributed by atoms with E-state index in [1.165, 1.54) is 4.57 Å². The highest BCUT2D eigenvalue weighted by Gasteiger charge is 2.24. The fourth-order valence-electron chi connectivity index (χ4n) is 2.99. The molecular formula is C20H24N2O3. The molecule has 0 unspecified atom stereocenters. The number of nitrogens with zero attached hydrogens (tertiary/aromatic N) is 1. The number of rotatable bonds is 5. The second-order valence-electron chi connectivity index (χ2n) is 6.56. The van der Waals surface area contributed by atoms with E-state index in [0.717, 1.165) is 11.1 Å². The minimum Gasteiger partial charge on any atom is -0.287 e. The Morgan fingerprint density at radius 3 is 2.28 bits per heavy atom. The minimum absolute atomic E-state index is 0.173. The van der Waals surface area contributed by atoms with Crippen LogP contribution in [0.15, 0.2) is 39.9 Å². The number of carbonyl (C=O) groups is 1. The first-order chi connectivity index (χ1) is 11.8. The Hall–Kier alpha value is -2.69. The van der Waals surface area contributed by atoms with Gasteiger partial charge in [0.2, 0.25) is 5.78 Å². The zero-order valence-electron chi connectivity index (χ0n) is 15.3. The average molecular weight is 340 g/mol. The molecule has 0 spiro atoms. The number of carbonyl (C=O) groups excluding carboxylic acids is 1. The Balaban J connectivity index is 2.82. The average Bonchev–Trinajstić information content (AvgIpc) is 2.51. The highest BCUT2D eigenvalue weighted by atomic mass is 16.2. The third-order valence-electron chi connectivity index (χ3n) is 4.04. The van der Waals surface area contributed by atoms with Crippen molar-refractivity contribution in [2.75, 3.05) is 0 Å². The van der Waals surface area contributed by atoms with Gasteiger partial charge in [0, 0.05) is 17.7 Å². The Bertz CT molecular complexity index is 926. The third kappa shape index (κ3) is 3.87. The minimum atomic E-state index is -0.569. The maximum atomic E-state index is 13.2. The van der Waals surface area contributed by atoms with Crippen LogP contribution < -0.4 is 11.2 Å². The molecule has 0 fully saturated rings. The molecule has 0 aliphatic heterocycles. The van der Waals surface area contributed by atoms with Gasteiger partial charge in [-0.15, -0.1) is 0 Å². The van der Waals surface area contributed by atoms with Crippen LogP contribution in [-0.4, -0.2) is 15.3 Å². The quantitative estimate of drug-likeness (QED) is 0.671. The molecule has 0 bridgehead atoms. The second-order valence-corrected chi connectivity index (χ2v) is 6.56. The van der Waals surface area contributed by atoms with Gasteiger partial charge in [0.25, 0.3) is 5.56 Å². The van der Waals surface area contributed by atoms with E-state index in [2.05, 4.69) is 4.98 Å². The van der Waals surface area contributed by atoms with Gasteiger partial charge in [0.1, 0.15) is 5.69 Å². The van der Waals surface area contributed by atoms with Crippen LogP contribution in [0, 0.1) is 13.8 Å². The number of aromatic nitrogens is 2. The van der Waals surface area contributed by atoms with Crippen LogP contribution in [-0.2, 0) is 6.54 Å². The summed E-state index contributed by atoms with van der Waals surface area (Å²) in [4.78, 5) is 40.3. The van der Waals surface area contributed by atoms with Gasteiger partial charge >= 0.3 is 5.69 Å². The van der Waals surface area contributed by atoms with Crippen molar-refractivity contribution in [1.82, 2.24) is 9.55 Å². The van der Waals surface area contributed by atoms with Gasteiger partial charge in [-0.2, -0.15) is 0 Å². The lowest BCUT2D eigenvalue weighted by molar-refractivity contribution is 0.102. The molecule has 132 valence electrons. The predicted molar refractivity (Wildman–Crippen MR) is 99.6 cm³/mol. The number of benzene rings is 1. The fourth-order valence-corrected chi connectivity index (χ4v) is 2.99. The lowest BCUT2D eigenvalue weighted by Gasteiger charge is -2.16. The molecule has 0 saturated carbocycles. The standard InChI is InChI=1S/C20H24N2O3/c1-6-7-8-22-17(16(12(2)3)19(24)21-20(22)25)18(23)15-10-13(4)9-14(5)11-15/h6-7,9-12H,8H2,1-5H3,(H,21,24,25)/b7-6+. The number of H-pyrrole nitrogens is 1. The molecule has 0 aliphatic rings. The Morgan fingerprint density at radius 2 is 1.76 bits per heavy atom. The number of hydrogen-bond donors (Lipinski definition) is 1. The molecule has 0 amide bonds. The molecule has 1 N–H and O–H groups in total. The van der Waals surface area contributed by atoms with Crippen LogP contribution in [0.2, 0.25) is 0 Å². The largest absolute Gasteiger partial charge is 0.329 e. The van der Waals surface area contributed by atoms with Crippen LogP contribution in [0.5, 0.6) is 0 Å². The zero-order chi connectivity index (χ0) is 18.7. The molecule has 5 heteroatoms. The van der Waals surface area contributed by atoms with Crippen molar-refractivity contribution in [3.8, 4) is 0 Å². The molecule has 5 nitrogen and oxygen atoms in total. The number of aromatic amines is 1. The summed E-state index contributed by atoms with van der Waals surface area (Å²) in [6.45, 7) is 9.58. The van der Waals surface area contributed by atoms with Gasteiger partial charge in [0.15, 0.2) is 0 Å². The van der Waals surface area contributed by atoms with E-state index in [0.29, 0.717) is 11.1 Å². The molecule has 1 heterocycles. The normalized spacial score (nSPS) is 11.4. The first-order valence-corrected chi connectivity index (χ1v) is 8.37. The SMILES string of the molecule is C/C=C/Cn1c(C(=O)c2cc(C)cc(C)c2)c(C(C)C)c(=O)[nH]c1=O. The third-order valence-corrected chi connectivity index (χ3v) is 4.04. The number of allylic oxidation sites excluding steroid dienone is 2. The van der Waals surface area contributed by atoms with Gasteiger partial charge in [0.05, 0.1) is 0 Å². The van der Waals surface area contributed by atoms with Crippen LogP contribution >= 0.6 is 0 Å². The van der Waals surface area contributed by atoms with Crippen molar-refractivity contribution in [2.45, 2.75) is 47.1 Å². The van der Waals surface area contributed by atoms with Crippen molar-refractivity contribution in [2.24, 2.45) is 0 Å². The van der Waals surface area contributed by atoms with Crippen molar-refractivity contribution in [3.63, 3.8) is 0 Å². The Labute approximate surface area is 147 Å². The Morgan fingerprint density at radius 1 is 1.16 bits per heavy atom. The molecule has 0 radical (unpaired) electrons. The van der Waals surface area contributed by atoms with E-state index in [1.54, 1.807) is 24.3 Å². The smallest absolute Gasteiger partial charge is 0.287 e. The lowest BCUT2D eigenvalue weighted by atomic mass is 9.95. The first-order valence-electron chi connectivity index (χ1n) is 8.37. The molecule has 0 atom stereocenters. The van der Waals surface area contributed by atoms with E-state index in [9.17, 15) is 14.4 Å². The summed E-state index contributed by atoms with van der Waals surface area (Å²) in [5.74, 6) is -0.491. The van der Waals surface area contributed by atoms with E-state index in [4.69, 9.17) is 0 Å². The molecule has 2 rings (SSSR count). The molecule has 0 saturated heterocycles. The van der Waals surface area contributed by atoms with Gasteiger partial charge in [-0.3, -0.25) is 19.1 Å². The van der Waals surface area contributed by atoms with Crippen molar-refractivity contribution >= 4 is 5.78 Å². The van der Waals surface area contributed by atoms with Crippen LogP contribution in [0.4, 0.5) is 0 Å². The predicted octanol–water partition coefficient (Wildman–Crippen LogP) is 3.08. The summed E-state index contributed by atoms with van der Waals surface area (Å²) >= 11 is 0. The zero-order valence-corrected chi connectivity index (χ0v) is 15.3. The van der Waals surface area contributed by atoms with Gasteiger partial charge in [-0.25, -0.2) is 4.79 Å². The first kappa shape index (κ1) is 18.6. The highest BCUT2D eigenvalue weighted by molar-refractivity contribution is 6.09. The van der Waals surface area contributed by atoms with Crippen molar-refractivity contribution in [1.29, 1.82) is 0 Å². The van der Waals surface area contributed by atoms with Crippen molar-refractivity contribution in [3.05, 3.63) is 79.1 Å². The van der Waals surface area contributed by atoms with E-state index >= 15 is 0 Å². The highest BCUT2D eigenvalue weighted by Crippen LogP contribution is 2.19. The van der Waals surface area contributed by atoms with E-state index in [-0.39, 0.29) is 23.9 Å². The molecule has 25 heavy (non-hydrogen) atoms. The van der Waals surface area contributed by atoms with Gasteiger partial charge < -0.3 is 0 Å². The molecule has 1 aromatic heterocycles. The summed E-state index contributed by atoms with van der Waals surface area (Å²) in [7, 11) is 0. The number of nitrogens with one attached hydrogen (secondary N) is 1. The summed E-state index contributed by atoms with van der Waals surface area (Å²) < 4.78 is 1.34. The number of ketones is 1. The topological polar surface area (TPSA) is 71.9 Å². The van der Waals surface area contributed by atoms with Crippen molar-refractivity contribution < 1.29 is 4.79 Å².